The maximum absolute atomic E-state index is 4.62. The molecular weight excluding hydrogens is 292 g/mol. The zero-order chi connectivity index (χ0) is 15.9. The molecule has 0 spiro atoms. The lowest BCUT2D eigenvalue weighted by Crippen LogP contribution is -2.05. The van der Waals surface area contributed by atoms with Gasteiger partial charge in [-0.25, -0.2) is 0 Å². The van der Waals surface area contributed by atoms with E-state index in [1.165, 1.54) is 53.1 Å². The largest absolute Gasteiger partial charge is 0.337 e. The monoisotopic (exact) mass is 312 g/mol. The number of rotatable bonds is 2. The van der Waals surface area contributed by atoms with Crippen LogP contribution in [0.3, 0.4) is 0 Å². The highest BCUT2D eigenvalue weighted by Gasteiger charge is 2.23. The summed E-state index contributed by atoms with van der Waals surface area (Å²) in [7, 11) is 0. The van der Waals surface area contributed by atoms with E-state index >= 15 is 0 Å². The fourth-order valence-electron chi connectivity index (χ4n) is 4.32. The lowest BCUT2D eigenvalue weighted by Gasteiger charge is -2.17. The molecule has 2 aromatic carbocycles. The Bertz CT molecular complexity index is 1010. The van der Waals surface area contributed by atoms with Gasteiger partial charge >= 0.3 is 0 Å². The number of nitrogens with zero attached hydrogens (tertiary/aromatic N) is 2. The van der Waals surface area contributed by atoms with Crippen molar-refractivity contribution in [2.45, 2.75) is 31.7 Å². The van der Waals surface area contributed by atoms with Crippen molar-refractivity contribution in [2.24, 2.45) is 0 Å². The Morgan fingerprint density at radius 1 is 0.792 bits per heavy atom. The second-order valence-electron chi connectivity index (χ2n) is 6.74. The van der Waals surface area contributed by atoms with Crippen molar-refractivity contribution in [3.8, 4) is 11.3 Å². The quantitative estimate of drug-likeness (QED) is 0.446. The standard InChI is InChI=1S/C22H20N2/c1-2-9-16(8-1)24-21-14-4-3-10-17(21)18-11-7-12-19(22(18)24)20-13-5-6-15-23-20/h3-7,10-16H,1-2,8-9H2. The Hall–Kier alpha value is -2.61. The van der Waals surface area contributed by atoms with Crippen LogP contribution in [0.4, 0.5) is 0 Å². The number of aromatic nitrogens is 2. The van der Waals surface area contributed by atoms with Crippen molar-refractivity contribution in [2.75, 3.05) is 0 Å². The average Bonchev–Trinajstić information content (AvgIpc) is 3.28. The highest BCUT2D eigenvalue weighted by molar-refractivity contribution is 6.12. The van der Waals surface area contributed by atoms with Crippen LogP contribution in [-0.4, -0.2) is 9.55 Å². The highest BCUT2D eigenvalue weighted by atomic mass is 15.0. The predicted molar refractivity (Wildman–Crippen MR) is 100 cm³/mol. The second kappa shape index (κ2) is 5.48. The Kier molecular flexibility index (Phi) is 3.15. The summed E-state index contributed by atoms with van der Waals surface area (Å²) < 4.78 is 2.60. The SMILES string of the molecule is c1ccc(-c2cccc3c4ccccc4n(C4CCCC4)c23)nc1. The molecule has 5 rings (SSSR count). The molecule has 1 aliphatic rings. The molecule has 0 unspecified atom stereocenters. The van der Waals surface area contributed by atoms with Gasteiger partial charge in [0.15, 0.2) is 0 Å². The van der Waals surface area contributed by atoms with E-state index in [2.05, 4.69) is 64.1 Å². The van der Waals surface area contributed by atoms with Crippen molar-refractivity contribution in [1.82, 2.24) is 9.55 Å². The van der Waals surface area contributed by atoms with E-state index in [1.807, 2.05) is 12.3 Å². The molecule has 118 valence electrons. The summed E-state index contributed by atoms with van der Waals surface area (Å²) in [6.45, 7) is 0. The zero-order valence-electron chi connectivity index (χ0n) is 13.7. The van der Waals surface area contributed by atoms with Crippen LogP contribution in [0, 0.1) is 0 Å². The number of hydrogen-bond donors (Lipinski definition) is 0. The summed E-state index contributed by atoms with van der Waals surface area (Å²) in [6.07, 6.45) is 7.13. The van der Waals surface area contributed by atoms with E-state index in [0.29, 0.717) is 6.04 Å². The first-order valence-electron chi connectivity index (χ1n) is 8.86. The molecule has 24 heavy (non-hydrogen) atoms. The lowest BCUT2D eigenvalue weighted by atomic mass is 10.1. The molecule has 0 amide bonds. The molecule has 1 fully saturated rings. The van der Waals surface area contributed by atoms with Crippen LogP contribution in [0.25, 0.3) is 33.1 Å². The van der Waals surface area contributed by atoms with Crippen LogP contribution in [0.5, 0.6) is 0 Å². The van der Waals surface area contributed by atoms with Gasteiger partial charge in [0.1, 0.15) is 0 Å². The zero-order valence-corrected chi connectivity index (χ0v) is 13.7. The smallest absolute Gasteiger partial charge is 0.0723 e. The molecular formula is C22H20N2. The van der Waals surface area contributed by atoms with Gasteiger partial charge in [-0.2, -0.15) is 0 Å². The van der Waals surface area contributed by atoms with Gasteiger partial charge in [0.2, 0.25) is 0 Å². The van der Waals surface area contributed by atoms with Crippen LogP contribution in [0.2, 0.25) is 0 Å². The molecule has 2 nitrogen and oxygen atoms in total. The van der Waals surface area contributed by atoms with Crippen molar-refractivity contribution in [3.05, 3.63) is 66.9 Å². The number of benzene rings is 2. The Morgan fingerprint density at radius 2 is 1.58 bits per heavy atom. The van der Waals surface area contributed by atoms with E-state index in [-0.39, 0.29) is 0 Å². The van der Waals surface area contributed by atoms with Gasteiger partial charge in [0, 0.05) is 34.1 Å². The highest BCUT2D eigenvalue weighted by Crippen LogP contribution is 2.41. The third kappa shape index (κ3) is 1.99. The van der Waals surface area contributed by atoms with Crippen molar-refractivity contribution >= 4 is 21.8 Å². The summed E-state index contributed by atoms with van der Waals surface area (Å²) in [5, 5.41) is 2.71. The normalized spacial score (nSPS) is 15.5. The molecule has 2 aromatic heterocycles. The van der Waals surface area contributed by atoms with Crippen LogP contribution in [0.15, 0.2) is 66.9 Å². The Morgan fingerprint density at radius 3 is 2.42 bits per heavy atom. The fourth-order valence-corrected chi connectivity index (χ4v) is 4.32. The Labute approximate surface area is 141 Å². The minimum Gasteiger partial charge on any atom is -0.337 e. The summed E-state index contributed by atoms with van der Waals surface area (Å²) in [5.41, 5.74) is 5.02. The van der Waals surface area contributed by atoms with E-state index < -0.39 is 0 Å². The lowest BCUT2D eigenvalue weighted by molar-refractivity contribution is 0.550. The van der Waals surface area contributed by atoms with Crippen molar-refractivity contribution in [1.29, 1.82) is 0 Å². The number of hydrogen-bond acceptors (Lipinski definition) is 1. The van der Waals surface area contributed by atoms with E-state index in [1.54, 1.807) is 0 Å². The summed E-state index contributed by atoms with van der Waals surface area (Å²) in [4.78, 5) is 4.62. The molecule has 4 aromatic rings. The second-order valence-corrected chi connectivity index (χ2v) is 6.74. The van der Waals surface area contributed by atoms with Gasteiger partial charge < -0.3 is 4.57 Å². The van der Waals surface area contributed by atoms with Gasteiger partial charge in [-0.15, -0.1) is 0 Å². The maximum atomic E-state index is 4.62. The first kappa shape index (κ1) is 13.8. The van der Waals surface area contributed by atoms with Gasteiger partial charge in [-0.05, 0) is 31.0 Å². The molecule has 2 heterocycles. The molecule has 0 saturated heterocycles. The van der Waals surface area contributed by atoms with Crippen LogP contribution >= 0.6 is 0 Å². The van der Waals surface area contributed by atoms with Crippen molar-refractivity contribution in [3.63, 3.8) is 0 Å². The molecule has 0 aliphatic heterocycles. The molecule has 0 bridgehead atoms. The molecule has 0 N–H and O–H groups in total. The van der Waals surface area contributed by atoms with Gasteiger partial charge in [0.05, 0.1) is 11.2 Å². The molecule has 0 atom stereocenters. The predicted octanol–water partition coefficient (Wildman–Crippen LogP) is 5.97. The summed E-state index contributed by atoms with van der Waals surface area (Å²) in [6, 6.07) is 22.3. The summed E-state index contributed by atoms with van der Waals surface area (Å²) in [5.74, 6) is 0. The van der Waals surface area contributed by atoms with Crippen LogP contribution in [0.1, 0.15) is 31.7 Å². The number of para-hydroxylation sites is 2. The van der Waals surface area contributed by atoms with Gasteiger partial charge in [-0.1, -0.05) is 55.3 Å². The molecule has 1 saturated carbocycles. The molecule has 0 radical (unpaired) electrons. The number of pyridine rings is 1. The fraction of sp³-hybridized carbons (Fsp3) is 0.227. The van der Waals surface area contributed by atoms with E-state index in [9.17, 15) is 0 Å². The average molecular weight is 312 g/mol. The summed E-state index contributed by atoms with van der Waals surface area (Å²) >= 11 is 0. The molecule has 1 aliphatic carbocycles. The minimum absolute atomic E-state index is 0.609. The molecule has 2 heteroatoms. The first-order chi connectivity index (χ1) is 11.9. The maximum Gasteiger partial charge on any atom is 0.0723 e. The topological polar surface area (TPSA) is 17.8 Å². The van der Waals surface area contributed by atoms with Crippen LogP contribution in [-0.2, 0) is 0 Å². The van der Waals surface area contributed by atoms with E-state index in [0.717, 1.165) is 5.69 Å². The van der Waals surface area contributed by atoms with E-state index in [4.69, 9.17) is 0 Å². The third-order valence-corrected chi connectivity index (χ3v) is 5.36. The third-order valence-electron chi connectivity index (χ3n) is 5.36. The Balaban J connectivity index is 1.92. The first-order valence-corrected chi connectivity index (χ1v) is 8.86. The van der Waals surface area contributed by atoms with Gasteiger partial charge in [0.25, 0.3) is 0 Å². The number of fused-ring (bicyclic) bond motifs is 3. The van der Waals surface area contributed by atoms with Crippen LogP contribution < -0.4 is 0 Å². The minimum atomic E-state index is 0.609. The van der Waals surface area contributed by atoms with Gasteiger partial charge in [-0.3, -0.25) is 4.98 Å². The van der Waals surface area contributed by atoms with Crippen molar-refractivity contribution < 1.29 is 0 Å².